The summed E-state index contributed by atoms with van der Waals surface area (Å²) in [5.74, 6) is -0.0480. The van der Waals surface area contributed by atoms with Gasteiger partial charge in [0.2, 0.25) is 5.95 Å². The zero-order valence-corrected chi connectivity index (χ0v) is 16.1. The van der Waals surface area contributed by atoms with Gasteiger partial charge in [0.25, 0.3) is 0 Å². The van der Waals surface area contributed by atoms with Gasteiger partial charge in [-0.25, -0.2) is 24.6 Å². The first-order chi connectivity index (χ1) is 13.9. The number of hydrogen-bond acceptors (Lipinski definition) is 7. The topological polar surface area (TPSA) is 85.7 Å². The summed E-state index contributed by atoms with van der Waals surface area (Å²) in [5.41, 5.74) is 5.39. The van der Waals surface area contributed by atoms with Crippen molar-refractivity contribution >= 4 is 18.1 Å². The van der Waals surface area contributed by atoms with Gasteiger partial charge in [0.1, 0.15) is 5.82 Å². The molecule has 0 unspecified atom stereocenters. The molecule has 3 rings (SSSR count). The number of rotatable bonds is 6. The molecule has 1 aromatic heterocycles. The van der Waals surface area contributed by atoms with E-state index >= 15 is 0 Å². The van der Waals surface area contributed by atoms with Crippen LogP contribution in [0.2, 0.25) is 0 Å². The lowest BCUT2D eigenvalue weighted by atomic mass is 10.2. The monoisotopic (exact) mass is 394 g/mol. The lowest BCUT2D eigenvalue weighted by Crippen LogP contribution is -2.09. The molecule has 8 heteroatoms. The Morgan fingerprint density at radius 3 is 2.38 bits per heavy atom. The third kappa shape index (κ3) is 5.35. The van der Waals surface area contributed by atoms with Crippen molar-refractivity contribution in [1.82, 2.24) is 9.97 Å². The molecule has 0 fully saturated rings. The first kappa shape index (κ1) is 19.9. The Balaban J connectivity index is 1.71. The fourth-order valence-corrected chi connectivity index (χ4v) is 2.53. The van der Waals surface area contributed by atoms with E-state index in [1.54, 1.807) is 24.4 Å². The number of hydrazone groups is 1. The predicted molar refractivity (Wildman–Crippen MR) is 107 cm³/mol. The van der Waals surface area contributed by atoms with Crippen LogP contribution in [0.25, 0.3) is 0 Å². The van der Waals surface area contributed by atoms with Gasteiger partial charge in [0.05, 0.1) is 18.9 Å². The molecule has 2 aromatic carbocycles. The van der Waals surface area contributed by atoms with Crippen LogP contribution in [0.5, 0.6) is 11.5 Å². The zero-order valence-electron chi connectivity index (χ0n) is 16.1. The van der Waals surface area contributed by atoms with Crippen molar-refractivity contribution in [3.05, 3.63) is 76.9 Å². The molecule has 0 saturated carbocycles. The van der Waals surface area contributed by atoms with E-state index in [0.717, 1.165) is 11.4 Å². The molecule has 0 spiro atoms. The third-order valence-corrected chi connectivity index (χ3v) is 3.83. The predicted octanol–water partition coefficient (Wildman–Crippen LogP) is 3.91. The Bertz CT molecular complexity index is 1030. The van der Waals surface area contributed by atoms with Crippen LogP contribution in [-0.2, 0) is 0 Å². The van der Waals surface area contributed by atoms with E-state index in [2.05, 4.69) is 20.5 Å². The number of ether oxygens (including phenoxy) is 2. The first-order valence-corrected chi connectivity index (χ1v) is 8.72. The summed E-state index contributed by atoms with van der Waals surface area (Å²) in [4.78, 5) is 20.7. The van der Waals surface area contributed by atoms with Gasteiger partial charge in [-0.15, -0.1) is 0 Å². The highest BCUT2D eigenvalue weighted by molar-refractivity contribution is 5.91. The number of halogens is 1. The summed E-state index contributed by atoms with van der Waals surface area (Å²) in [6, 6.07) is 11.9. The molecule has 0 atom stereocenters. The summed E-state index contributed by atoms with van der Waals surface area (Å²) >= 11 is 0. The van der Waals surface area contributed by atoms with Gasteiger partial charge in [0.15, 0.2) is 11.5 Å². The molecule has 29 heavy (non-hydrogen) atoms. The normalized spacial score (nSPS) is 10.8. The van der Waals surface area contributed by atoms with Crippen LogP contribution in [0.4, 0.5) is 10.3 Å². The van der Waals surface area contributed by atoms with Crippen molar-refractivity contribution in [2.45, 2.75) is 13.8 Å². The van der Waals surface area contributed by atoms with Gasteiger partial charge < -0.3 is 9.47 Å². The zero-order chi connectivity index (χ0) is 20.8. The second kappa shape index (κ2) is 8.92. The second-order valence-corrected chi connectivity index (χ2v) is 6.15. The van der Waals surface area contributed by atoms with Crippen LogP contribution in [0.15, 0.2) is 53.6 Å². The van der Waals surface area contributed by atoms with Crippen molar-refractivity contribution in [3.8, 4) is 11.5 Å². The van der Waals surface area contributed by atoms with Crippen LogP contribution in [0, 0.1) is 19.7 Å². The number of nitrogens with zero attached hydrogens (tertiary/aromatic N) is 3. The molecule has 7 nitrogen and oxygen atoms in total. The minimum absolute atomic E-state index is 0.233. The van der Waals surface area contributed by atoms with Crippen LogP contribution < -0.4 is 14.9 Å². The molecule has 148 valence electrons. The molecule has 3 aromatic rings. The maximum Gasteiger partial charge on any atom is 0.343 e. The van der Waals surface area contributed by atoms with E-state index in [0.29, 0.717) is 17.3 Å². The molecule has 0 amide bonds. The average Bonchev–Trinajstić information content (AvgIpc) is 2.68. The van der Waals surface area contributed by atoms with E-state index in [1.165, 1.54) is 31.4 Å². The molecule has 0 saturated heterocycles. The minimum atomic E-state index is -0.613. The highest BCUT2D eigenvalue weighted by atomic mass is 19.1. The summed E-state index contributed by atoms with van der Waals surface area (Å²) in [5, 5.41) is 4.12. The fourth-order valence-electron chi connectivity index (χ4n) is 2.53. The number of anilines is 1. The Hall–Kier alpha value is -3.81. The SMILES string of the molecule is COc1cc(/C=N\Nc2nc(C)cc(C)n2)ccc1OC(=O)c1ccc(F)cc1. The van der Waals surface area contributed by atoms with Crippen molar-refractivity contribution < 1.29 is 18.7 Å². The molecule has 1 N–H and O–H groups in total. The smallest absolute Gasteiger partial charge is 0.343 e. The van der Waals surface area contributed by atoms with Gasteiger partial charge in [-0.3, -0.25) is 0 Å². The number of carbonyl (C=O) groups is 1. The second-order valence-electron chi connectivity index (χ2n) is 6.15. The maximum absolute atomic E-state index is 13.0. The van der Waals surface area contributed by atoms with Gasteiger partial charge >= 0.3 is 5.97 Å². The standard InChI is InChI=1S/C21H19FN4O3/c1-13-10-14(2)25-21(24-13)26-23-12-15-4-9-18(19(11-15)28-3)29-20(27)16-5-7-17(22)8-6-16/h4-12H,1-3H3,(H,24,25,26)/b23-12-. The average molecular weight is 394 g/mol. The Morgan fingerprint density at radius 1 is 1.03 bits per heavy atom. The lowest BCUT2D eigenvalue weighted by Gasteiger charge is -2.10. The summed E-state index contributed by atoms with van der Waals surface area (Å²) in [7, 11) is 1.47. The van der Waals surface area contributed by atoms with Gasteiger partial charge in [-0.2, -0.15) is 5.10 Å². The molecule has 0 aliphatic rings. The Labute approximate surface area is 167 Å². The van der Waals surface area contributed by atoms with Crippen LogP contribution >= 0.6 is 0 Å². The Kier molecular flexibility index (Phi) is 6.13. The summed E-state index contributed by atoms with van der Waals surface area (Å²) in [6.07, 6.45) is 1.56. The maximum atomic E-state index is 13.0. The summed E-state index contributed by atoms with van der Waals surface area (Å²) in [6.45, 7) is 3.75. The molecule has 0 bridgehead atoms. The molecular weight excluding hydrogens is 375 g/mol. The van der Waals surface area contributed by atoms with Crippen molar-refractivity contribution in [1.29, 1.82) is 0 Å². The summed E-state index contributed by atoms with van der Waals surface area (Å²) < 4.78 is 23.6. The van der Waals surface area contributed by atoms with E-state index < -0.39 is 11.8 Å². The van der Waals surface area contributed by atoms with E-state index in [9.17, 15) is 9.18 Å². The van der Waals surface area contributed by atoms with Crippen LogP contribution in [0.1, 0.15) is 27.3 Å². The number of esters is 1. The number of methoxy groups -OCH3 is 1. The number of benzene rings is 2. The number of hydrogen-bond donors (Lipinski definition) is 1. The van der Waals surface area contributed by atoms with Gasteiger partial charge in [-0.05, 0) is 67.9 Å². The molecule has 0 aliphatic carbocycles. The highest BCUT2D eigenvalue weighted by Gasteiger charge is 2.13. The van der Waals surface area contributed by atoms with E-state index in [1.807, 2.05) is 19.9 Å². The minimum Gasteiger partial charge on any atom is -0.493 e. The largest absolute Gasteiger partial charge is 0.493 e. The molecule has 0 aliphatic heterocycles. The fraction of sp³-hybridized carbons (Fsp3) is 0.143. The molecule has 1 heterocycles. The van der Waals surface area contributed by atoms with Gasteiger partial charge in [-0.1, -0.05) is 0 Å². The molecule has 0 radical (unpaired) electrons. The third-order valence-electron chi connectivity index (χ3n) is 3.83. The van der Waals surface area contributed by atoms with Crippen LogP contribution in [-0.4, -0.2) is 29.3 Å². The van der Waals surface area contributed by atoms with Crippen molar-refractivity contribution in [2.75, 3.05) is 12.5 Å². The van der Waals surface area contributed by atoms with Gasteiger partial charge in [0, 0.05) is 11.4 Å². The van der Waals surface area contributed by atoms with E-state index in [-0.39, 0.29) is 11.3 Å². The molecular formula is C21H19FN4O3. The lowest BCUT2D eigenvalue weighted by molar-refractivity contribution is 0.0729. The first-order valence-electron chi connectivity index (χ1n) is 8.72. The highest BCUT2D eigenvalue weighted by Crippen LogP contribution is 2.28. The number of aromatic nitrogens is 2. The quantitative estimate of drug-likeness (QED) is 0.295. The van der Waals surface area contributed by atoms with Crippen LogP contribution in [0.3, 0.4) is 0 Å². The Morgan fingerprint density at radius 2 is 1.72 bits per heavy atom. The van der Waals surface area contributed by atoms with E-state index in [4.69, 9.17) is 9.47 Å². The van der Waals surface area contributed by atoms with Crippen molar-refractivity contribution in [2.24, 2.45) is 5.10 Å². The number of carbonyl (C=O) groups excluding carboxylic acids is 1. The number of aryl methyl sites for hydroxylation is 2. The van der Waals surface area contributed by atoms with Crippen molar-refractivity contribution in [3.63, 3.8) is 0 Å². The number of nitrogens with one attached hydrogen (secondary N) is 1.